The van der Waals surface area contributed by atoms with E-state index < -0.39 is 5.97 Å². The Hall–Kier alpha value is -1.26. The van der Waals surface area contributed by atoms with Crippen LogP contribution in [0.2, 0.25) is 0 Å². The molecule has 0 radical (unpaired) electrons. The lowest BCUT2D eigenvalue weighted by molar-refractivity contribution is -0.137. The molecule has 2 saturated heterocycles. The van der Waals surface area contributed by atoms with Crippen LogP contribution in [-0.2, 0) is 4.79 Å². The molecule has 0 aromatic heterocycles. The molecule has 2 unspecified atom stereocenters. The molecule has 2 heterocycles. The van der Waals surface area contributed by atoms with E-state index in [4.69, 9.17) is 5.11 Å². The number of nitrogens with zero attached hydrogens (tertiary/aromatic N) is 2. The van der Waals surface area contributed by atoms with E-state index in [1.807, 2.05) is 9.80 Å². The summed E-state index contributed by atoms with van der Waals surface area (Å²) in [7, 11) is 0. The third kappa shape index (κ3) is 3.64. The van der Waals surface area contributed by atoms with Crippen LogP contribution in [0.25, 0.3) is 0 Å². The lowest BCUT2D eigenvalue weighted by atomic mass is 9.93. The van der Waals surface area contributed by atoms with E-state index in [0.29, 0.717) is 18.4 Å². The third-order valence-electron chi connectivity index (χ3n) is 4.65. The second-order valence-corrected chi connectivity index (χ2v) is 6.07. The summed E-state index contributed by atoms with van der Waals surface area (Å²) in [6.45, 7) is 4.59. The van der Waals surface area contributed by atoms with Gasteiger partial charge < -0.3 is 14.9 Å². The van der Waals surface area contributed by atoms with Crippen LogP contribution in [0.3, 0.4) is 0 Å². The zero-order valence-corrected chi connectivity index (χ0v) is 12.4. The Labute approximate surface area is 120 Å². The lowest BCUT2D eigenvalue weighted by Crippen LogP contribution is -2.49. The van der Waals surface area contributed by atoms with Crippen molar-refractivity contribution in [1.82, 2.24) is 9.80 Å². The minimum atomic E-state index is -0.737. The molecule has 2 aliphatic rings. The molecule has 0 aromatic rings. The monoisotopic (exact) mass is 282 g/mol. The van der Waals surface area contributed by atoms with Crippen LogP contribution in [-0.4, -0.2) is 52.6 Å². The first kappa shape index (κ1) is 15.1. The Morgan fingerprint density at radius 1 is 1.20 bits per heavy atom. The van der Waals surface area contributed by atoms with E-state index in [1.54, 1.807) is 0 Å². The minimum Gasteiger partial charge on any atom is -0.481 e. The van der Waals surface area contributed by atoms with Gasteiger partial charge >= 0.3 is 12.0 Å². The topological polar surface area (TPSA) is 60.9 Å². The summed E-state index contributed by atoms with van der Waals surface area (Å²) >= 11 is 0. The first-order valence-corrected chi connectivity index (χ1v) is 7.89. The fourth-order valence-electron chi connectivity index (χ4n) is 3.50. The number of amides is 2. The molecular formula is C15H26N2O3. The standard InChI is InChI=1S/C15H26N2O3/c1-2-13-6-4-10-17(13)15(20)16-9-3-5-12(11-16)7-8-14(18)19/h12-13H,2-11H2,1H3,(H,18,19). The van der Waals surface area contributed by atoms with E-state index >= 15 is 0 Å². The number of carboxylic acids is 1. The van der Waals surface area contributed by atoms with E-state index in [2.05, 4.69) is 6.92 Å². The molecule has 0 aromatic carbocycles. The van der Waals surface area contributed by atoms with Gasteiger partial charge in [0, 0.05) is 32.1 Å². The smallest absolute Gasteiger partial charge is 0.320 e. The Kier molecular flexibility index (Phi) is 5.26. The highest BCUT2D eigenvalue weighted by Gasteiger charge is 2.32. The highest BCUT2D eigenvalue weighted by Crippen LogP contribution is 2.26. The van der Waals surface area contributed by atoms with Gasteiger partial charge in [-0.05, 0) is 44.4 Å². The van der Waals surface area contributed by atoms with Crippen molar-refractivity contribution in [3.63, 3.8) is 0 Å². The van der Waals surface area contributed by atoms with Crippen molar-refractivity contribution < 1.29 is 14.7 Å². The van der Waals surface area contributed by atoms with Gasteiger partial charge in [0.25, 0.3) is 0 Å². The molecule has 2 aliphatic heterocycles. The van der Waals surface area contributed by atoms with Gasteiger partial charge in [-0.15, -0.1) is 0 Å². The number of likely N-dealkylation sites (tertiary alicyclic amines) is 2. The predicted octanol–water partition coefficient (Wildman–Crippen LogP) is 2.56. The number of rotatable bonds is 4. The van der Waals surface area contributed by atoms with Gasteiger partial charge in [-0.2, -0.15) is 0 Å². The highest BCUT2D eigenvalue weighted by atomic mass is 16.4. The Bertz CT molecular complexity index is 359. The molecule has 2 amide bonds. The summed E-state index contributed by atoms with van der Waals surface area (Å²) in [5.74, 6) is -0.384. The second-order valence-electron chi connectivity index (χ2n) is 6.07. The van der Waals surface area contributed by atoms with Crippen LogP contribution < -0.4 is 0 Å². The number of hydrogen-bond acceptors (Lipinski definition) is 2. The van der Waals surface area contributed by atoms with Gasteiger partial charge in [-0.25, -0.2) is 4.79 Å². The normalized spacial score (nSPS) is 26.9. The van der Waals surface area contributed by atoms with Crippen LogP contribution in [0.5, 0.6) is 0 Å². The fourth-order valence-corrected chi connectivity index (χ4v) is 3.50. The minimum absolute atomic E-state index is 0.175. The van der Waals surface area contributed by atoms with Crippen LogP contribution in [0.1, 0.15) is 51.9 Å². The van der Waals surface area contributed by atoms with Gasteiger partial charge in [-0.3, -0.25) is 4.79 Å². The maximum Gasteiger partial charge on any atom is 0.320 e. The quantitative estimate of drug-likeness (QED) is 0.862. The molecule has 1 N–H and O–H groups in total. The van der Waals surface area contributed by atoms with Crippen LogP contribution >= 0.6 is 0 Å². The third-order valence-corrected chi connectivity index (χ3v) is 4.65. The van der Waals surface area contributed by atoms with Crippen LogP contribution in [0.15, 0.2) is 0 Å². The second kappa shape index (κ2) is 6.95. The number of carboxylic acid groups (broad SMARTS) is 1. The van der Waals surface area contributed by atoms with Crippen molar-refractivity contribution in [3.05, 3.63) is 0 Å². The van der Waals surface area contributed by atoms with Gasteiger partial charge in [0.15, 0.2) is 0 Å². The molecule has 0 saturated carbocycles. The fraction of sp³-hybridized carbons (Fsp3) is 0.867. The molecule has 0 bridgehead atoms. The number of hydrogen-bond donors (Lipinski definition) is 1. The average molecular weight is 282 g/mol. The SMILES string of the molecule is CCC1CCCN1C(=O)N1CCCC(CCC(=O)O)C1. The molecule has 0 spiro atoms. The molecule has 2 atom stereocenters. The van der Waals surface area contributed by atoms with Crippen molar-refractivity contribution in [1.29, 1.82) is 0 Å². The van der Waals surface area contributed by atoms with Crippen LogP contribution in [0.4, 0.5) is 4.79 Å². The first-order chi connectivity index (χ1) is 9.61. The Morgan fingerprint density at radius 3 is 2.65 bits per heavy atom. The van der Waals surface area contributed by atoms with E-state index in [9.17, 15) is 9.59 Å². The Balaban J connectivity index is 1.87. The molecule has 5 heteroatoms. The van der Waals surface area contributed by atoms with Crippen molar-refractivity contribution >= 4 is 12.0 Å². The van der Waals surface area contributed by atoms with Crippen LogP contribution in [0, 0.1) is 5.92 Å². The summed E-state index contributed by atoms with van der Waals surface area (Å²) in [5.41, 5.74) is 0. The van der Waals surface area contributed by atoms with E-state index in [1.165, 1.54) is 0 Å². The molecule has 2 fully saturated rings. The summed E-state index contributed by atoms with van der Waals surface area (Å²) in [5, 5.41) is 8.77. The van der Waals surface area contributed by atoms with Gasteiger partial charge in [0.05, 0.1) is 0 Å². The van der Waals surface area contributed by atoms with Gasteiger partial charge in [0.2, 0.25) is 0 Å². The molecular weight excluding hydrogens is 256 g/mol. The summed E-state index contributed by atoms with van der Waals surface area (Å²) in [4.78, 5) is 27.2. The molecule has 5 nitrogen and oxygen atoms in total. The van der Waals surface area contributed by atoms with E-state index in [0.717, 1.165) is 51.7 Å². The largest absolute Gasteiger partial charge is 0.481 e. The first-order valence-electron chi connectivity index (χ1n) is 7.89. The Morgan fingerprint density at radius 2 is 1.95 bits per heavy atom. The van der Waals surface area contributed by atoms with E-state index in [-0.39, 0.29) is 12.5 Å². The van der Waals surface area contributed by atoms with Crippen molar-refractivity contribution in [2.45, 2.75) is 57.9 Å². The summed E-state index contributed by atoms with van der Waals surface area (Å²) in [6.07, 6.45) is 6.22. The summed E-state index contributed by atoms with van der Waals surface area (Å²) < 4.78 is 0. The number of carbonyl (C=O) groups excluding carboxylic acids is 1. The molecule has 2 rings (SSSR count). The molecule has 114 valence electrons. The number of aliphatic carboxylic acids is 1. The predicted molar refractivity (Wildman–Crippen MR) is 76.6 cm³/mol. The highest BCUT2D eigenvalue weighted by molar-refractivity contribution is 5.75. The lowest BCUT2D eigenvalue weighted by Gasteiger charge is -2.37. The molecule has 0 aliphatic carbocycles. The number of carbonyl (C=O) groups is 2. The van der Waals surface area contributed by atoms with Crippen molar-refractivity contribution in [3.8, 4) is 0 Å². The van der Waals surface area contributed by atoms with Gasteiger partial charge in [0.1, 0.15) is 0 Å². The van der Waals surface area contributed by atoms with Gasteiger partial charge in [-0.1, -0.05) is 6.92 Å². The summed E-state index contributed by atoms with van der Waals surface area (Å²) in [6, 6.07) is 0.580. The maximum atomic E-state index is 12.6. The van der Waals surface area contributed by atoms with Crippen molar-refractivity contribution in [2.75, 3.05) is 19.6 Å². The zero-order chi connectivity index (χ0) is 14.5. The number of piperidine rings is 1. The zero-order valence-electron chi connectivity index (χ0n) is 12.4. The average Bonchev–Trinajstić information content (AvgIpc) is 2.93. The van der Waals surface area contributed by atoms with Crippen molar-refractivity contribution in [2.24, 2.45) is 5.92 Å². The number of urea groups is 1. The molecule has 20 heavy (non-hydrogen) atoms. The maximum absolute atomic E-state index is 12.6.